The van der Waals surface area contributed by atoms with Gasteiger partial charge in [0.25, 0.3) is 5.91 Å². The number of ether oxygens (including phenoxy) is 1. The molecule has 3 N–H and O–H groups in total. The van der Waals surface area contributed by atoms with Crippen molar-refractivity contribution in [3.63, 3.8) is 0 Å². The van der Waals surface area contributed by atoms with Crippen molar-refractivity contribution in [2.24, 2.45) is 0 Å². The number of nitrogens with zero attached hydrogens (tertiary/aromatic N) is 5. The Morgan fingerprint density at radius 2 is 2.08 bits per heavy atom. The molecule has 0 spiro atoms. The van der Waals surface area contributed by atoms with E-state index in [1.165, 1.54) is 0 Å². The number of rotatable bonds is 5. The zero-order chi connectivity index (χ0) is 24.9. The lowest BCUT2D eigenvalue weighted by molar-refractivity contribution is 0.0368. The minimum absolute atomic E-state index is 0.282. The molecule has 10 nitrogen and oxygen atoms in total. The number of fused-ring (bicyclic) bond motifs is 2. The molecular formula is C26H31N7O3. The van der Waals surface area contributed by atoms with Gasteiger partial charge >= 0.3 is 0 Å². The Hall–Kier alpha value is -3.50. The first-order chi connectivity index (χ1) is 17.5. The molecule has 10 heteroatoms. The standard InChI is InChI=1S/C26H31N7O3/c1-26(35)9-3-6-21(26)31-25(34)18-14-29-33-22(27-2)13-20(30-24(18)33)19-15-32(16-7-11-36-12-8-16)23-17(19)5-4-10-28-23/h4-5,10,13-16,21,27,35H,3,6-9,11-12H2,1-2H3,(H,31,34)/t21?,26-/m0/s1. The van der Waals surface area contributed by atoms with Gasteiger partial charge in [0.05, 0.1) is 23.5 Å². The molecule has 1 saturated heterocycles. The number of anilines is 1. The molecule has 4 aromatic heterocycles. The van der Waals surface area contributed by atoms with Gasteiger partial charge in [-0.15, -0.1) is 0 Å². The SMILES string of the molecule is CNc1cc(-c2cn(C3CCOCC3)c3ncccc23)nc2c(C(=O)NC3CCC[C@]3(C)O)cnn12. The predicted octanol–water partition coefficient (Wildman–Crippen LogP) is 3.17. The van der Waals surface area contributed by atoms with Crippen molar-refractivity contribution in [2.45, 2.75) is 56.7 Å². The summed E-state index contributed by atoms with van der Waals surface area (Å²) in [6.07, 6.45) is 9.65. The lowest BCUT2D eigenvalue weighted by Crippen LogP contribution is -2.47. The van der Waals surface area contributed by atoms with Gasteiger partial charge in [0, 0.05) is 55.7 Å². The fourth-order valence-electron chi connectivity index (χ4n) is 5.58. The van der Waals surface area contributed by atoms with E-state index in [2.05, 4.69) is 37.5 Å². The van der Waals surface area contributed by atoms with Crippen LogP contribution in [0.1, 0.15) is 55.4 Å². The smallest absolute Gasteiger partial charge is 0.257 e. The van der Waals surface area contributed by atoms with Gasteiger partial charge in [0.15, 0.2) is 5.65 Å². The van der Waals surface area contributed by atoms with Crippen molar-refractivity contribution in [1.29, 1.82) is 0 Å². The van der Waals surface area contributed by atoms with Gasteiger partial charge < -0.3 is 25.0 Å². The summed E-state index contributed by atoms with van der Waals surface area (Å²) < 4.78 is 9.45. The van der Waals surface area contributed by atoms with Gasteiger partial charge in [-0.2, -0.15) is 9.61 Å². The van der Waals surface area contributed by atoms with Crippen molar-refractivity contribution >= 4 is 28.4 Å². The third kappa shape index (κ3) is 3.81. The molecule has 1 saturated carbocycles. The minimum atomic E-state index is -0.910. The summed E-state index contributed by atoms with van der Waals surface area (Å²) in [5.41, 5.74) is 2.53. The number of hydrogen-bond acceptors (Lipinski definition) is 7. The van der Waals surface area contributed by atoms with E-state index in [4.69, 9.17) is 9.72 Å². The normalized spacial score (nSPS) is 22.9. The molecule has 4 aromatic rings. The molecule has 2 atom stereocenters. The van der Waals surface area contributed by atoms with E-state index in [-0.39, 0.29) is 11.9 Å². The van der Waals surface area contributed by atoms with E-state index in [1.54, 1.807) is 17.6 Å². The lowest BCUT2D eigenvalue weighted by Gasteiger charge is -2.26. The van der Waals surface area contributed by atoms with Gasteiger partial charge in [-0.25, -0.2) is 9.97 Å². The van der Waals surface area contributed by atoms with Gasteiger partial charge in [0.2, 0.25) is 0 Å². The Labute approximate surface area is 208 Å². The van der Waals surface area contributed by atoms with Gasteiger partial charge in [-0.05, 0) is 51.2 Å². The van der Waals surface area contributed by atoms with Crippen molar-refractivity contribution in [1.82, 2.24) is 29.5 Å². The van der Waals surface area contributed by atoms with Crippen molar-refractivity contribution in [3.8, 4) is 11.3 Å². The molecule has 36 heavy (non-hydrogen) atoms. The number of carbonyl (C=O) groups excluding carboxylic acids is 1. The molecular weight excluding hydrogens is 458 g/mol. The first-order valence-electron chi connectivity index (χ1n) is 12.6. The fraction of sp³-hybridized carbons (Fsp3) is 0.462. The van der Waals surface area contributed by atoms with Crippen LogP contribution >= 0.6 is 0 Å². The first-order valence-corrected chi connectivity index (χ1v) is 12.6. The Bertz CT molecular complexity index is 1430. The molecule has 1 aliphatic heterocycles. The van der Waals surface area contributed by atoms with Gasteiger partial charge in [0.1, 0.15) is 17.0 Å². The Balaban J connectivity index is 1.44. The molecule has 0 radical (unpaired) electrons. The average molecular weight is 490 g/mol. The van der Waals surface area contributed by atoms with E-state index in [0.29, 0.717) is 23.7 Å². The minimum Gasteiger partial charge on any atom is -0.388 e. The van der Waals surface area contributed by atoms with Crippen LogP contribution in [0.3, 0.4) is 0 Å². The van der Waals surface area contributed by atoms with Crippen molar-refractivity contribution < 1.29 is 14.6 Å². The molecule has 5 heterocycles. The fourth-order valence-corrected chi connectivity index (χ4v) is 5.58. The maximum absolute atomic E-state index is 13.3. The molecule has 1 aliphatic carbocycles. The van der Waals surface area contributed by atoms with E-state index < -0.39 is 5.60 Å². The molecule has 1 amide bonds. The summed E-state index contributed by atoms with van der Waals surface area (Å²) in [6, 6.07) is 5.95. The number of nitrogens with one attached hydrogen (secondary N) is 2. The monoisotopic (exact) mass is 489 g/mol. The second-order valence-corrected chi connectivity index (χ2v) is 10.0. The number of aromatic nitrogens is 5. The summed E-state index contributed by atoms with van der Waals surface area (Å²) in [7, 11) is 1.82. The summed E-state index contributed by atoms with van der Waals surface area (Å²) in [5.74, 6) is 0.438. The quantitative estimate of drug-likeness (QED) is 0.394. The highest BCUT2D eigenvalue weighted by Gasteiger charge is 2.38. The summed E-state index contributed by atoms with van der Waals surface area (Å²) in [6.45, 7) is 3.25. The highest BCUT2D eigenvalue weighted by molar-refractivity contribution is 6.01. The number of carbonyl (C=O) groups is 1. The van der Waals surface area contributed by atoms with Crippen LogP contribution in [-0.4, -0.2) is 67.1 Å². The zero-order valence-corrected chi connectivity index (χ0v) is 20.6. The third-order valence-corrected chi connectivity index (χ3v) is 7.65. The summed E-state index contributed by atoms with van der Waals surface area (Å²) >= 11 is 0. The Morgan fingerprint density at radius 3 is 2.83 bits per heavy atom. The second-order valence-electron chi connectivity index (χ2n) is 10.0. The van der Waals surface area contributed by atoms with Crippen LogP contribution in [-0.2, 0) is 4.74 Å². The Morgan fingerprint density at radius 1 is 1.25 bits per heavy atom. The van der Waals surface area contributed by atoms with E-state index in [9.17, 15) is 9.90 Å². The maximum Gasteiger partial charge on any atom is 0.257 e. The molecule has 6 rings (SSSR count). The topological polar surface area (TPSA) is 119 Å². The van der Waals surface area contributed by atoms with E-state index >= 15 is 0 Å². The largest absolute Gasteiger partial charge is 0.388 e. The zero-order valence-electron chi connectivity index (χ0n) is 20.6. The van der Waals surface area contributed by atoms with Gasteiger partial charge in [-0.3, -0.25) is 4.79 Å². The first kappa shape index (κ1) is 22.9. The van der Waals surface area contributed by atoms with Crippen LogP contribution in [0.5, 0.6) is 0 Å². The number of hydrogen-bond donors (Lipinski definition) is 3. The average Bonchev–Trinajstić information content (AvgIpc) is 3.59. The van der Waals surface area contributed by atoms with Crippen molar-refractivity contribution in [2.75, 3.05) is 25.6 Å². The predicted molar refractivity (Wildman–Crippen MR) is 136 cm³/mol. The number of amides is 1. The number of aliphatic hydroxyl groups is 1. The molecule has 0 bridgehead atoms. The summed E-state index contributed by atoms with van der Waals surface area (Å²) in [5, 5.41) is 22.3. The van der Waals surface area contributed by atoms with E-state index in [0.717, 1.165) is 67.0 Å². The molecule has 2 aliphatic rings. The van der Waals surface area contributed by atoms with Crippen LogP contribution < -0.4 is 10.6 Å². The third-order valence-electron chi connectivity index (χ3n) is 7.65. The van der Waals surface area contributed by atoms with Crippen LogP contribution in [0.15, 0.2) is 36.8 Å². The van der Waals surface area contributed by atoms with Gasteiger partial charge in [-0.1, -0.05) is 0 Å². The van der Waals surface area contributed by atoms with Crippen LogP contribution in [0, 0.1) is 0 Å². The molecule has 188 valence electrons. The molecule has 1 unspecified atom stereocenters. The molecule has 2 fully saturated rings. The lowest BCUT2D eigenvalue weighted by atomic mass is 10.0. The van der Waals surface area contributed by atoms with Crippen LogP contribution in [0.25, 0.3) is 27.9 Å². The Kier molecular flexibility index (Phi) is 5.65. The highest BCUT2D eigenvalue weighted by atomic mass is 16.5. The van der Waals surface area contributed by atoms with Crippen LogP contribution in [0.2, 0.25) is 0 Å². The highest BCUT2D eigenvalue weighted by Crippen LogP contribution is 2.35. The number of pyridine rings is 1. The molecule has 0 aromatic carbocycles. The van der Waals surface area contributed by atoms with Crippen molar-refractivity contribution in [3.05, 3.63) is 42.4 Å². The second kappa shape index (κ2) is 8.86. The maximum atomic E-state index is 13.3. The van der Waals surface area contributed by atoms with E-state index in [1.807, 2.05) is 25.4 Å². The van der Waals surface area contributed by atoms with Crippen LogP contribution in [0.4, 0.5) is 5.82 Å². The summed E-state index contributed by atoms with van der Waals surface area (Å²) in [4.78, 5) is 22.9.